The van der Waals surface area contributed by atoms with E-state index >= 15 is 0 Å². The Morgan fingerprint density at radius 1 is 1.23 bits per heavy atom. The van der Waals surface area contributed by atoms with Gasteiger partial charge in [0.25, 0.3) is 0 Å². The van der Waals surface area contributed by atoms with Gasteiger partial charge in [0.05, 0.1) is 37.4 Å². The summed E-state index contributed by atoms with van der Waals surface area (Å²) < 4.78 is 18.6. The Balaban J connectivity index is 1.91. The SMILES string of the molecule is COc1nc2ccc(Br)cc2c2c1C(C)(OCC(CN=[N+]=[N-])OC)c1ccccc1-2. The van der Waals surface area contributed by atoms with E-state index in [0.29, 0.717) is 5.88 Å². The zero-order chi connectivity index (χ0) is 21.3. The molecule has 0 aliphatic heterocycles. The third-order valence-corrected chi connectivity index (χ3v) is 6.03. The van der Waals surface area contributed by atoms with Crippen molar-refractivity contribution in [2.24, 2.45) is 5.11 Å². The van der Waals surface area contributed by atoms with Crippen LogP contribution in [0.25, 0.3) is 32.5 Å². The molecule has 0 bridgehead atoms. The van der Waals surface area contributed by atoms with Gasteiger partial charge in [-0.05, 0) is 41.8 Å². The van der Waals surface area contributed by atoms with Gasteiger partial charge in [-0.25, -0.2) is 4.98 Å². The summed E-state index contributed by atoms with van der Waals surface area (Å²) in [4.78, 5) is 7.58. The molecule has 0 saturated heterocycles. The van der Waals surface area contributed by atoms with E-state index in [0.717, 1.165) is 37.6 Å². The van der Waals surface area contributed by atoms with Crippen LogP contribution in [0, 0.1) is 0 Å². The van der Waals surface area contributed by atoms with Crippen molar-refractivity contribution in [1.29, 1.82) is 0 Å². The number of methoxy groups -OCH3 is 2. The summed E-state index contributed by atoms with van der Waals surface area (Å²) in [6.45, 7) is 2.46. The third kappa shape index (κ3) is 3.32. The molecule has 8 heteroatoms. The molecule has 2 unspecified atom stereocenters. The average Bonchev–Trinajstić information content (AvgIpc) is 3.03. The van der Waals surface area contributed by atoms with E-state index in [4.69, 9.17) is 24.7 Å². The molecule has 0 N–H and O–H groups in total. The molecule has 2 atom stereocenters. The van der Waals surface area contributed by atoms with Crippen molar-refractivity contribution < 1.29 is 14.2 Å². The number of aromatic nitrogens is 1. The minimum atomic E-state index is -0.798. The fraction of sp³-hybridized carbons (Fsp3) is 0.318. The molecule has 2 aromatic carbocycles. The van der Waals surface area contributed by atoms with E-state index in [1.807, 2.05) is 31.2 Å². The summed E-state index contributed by atoms with van der Waals surface area (Å²) >= 11 is 3.58. The van der Waals surface area contributed by atoms with Crippen LogP contribution in [0.4, 0.5) is 0 Å². The molecule has 0 radical (unpaired) electrons. The van der Waals surface area contributed by atoms with Gasteiger partial charge in [0.1, 0.15) is 5.60 Å². The Kier molecular flexibility index (Phi) is 5.66. The summed E-state index contributed by atoms with van der Waals surface area (Å²) in [5, 5.41) is 4.64. The number of ether oxygens (including phenoxy) is 3. The normalized spacial score (nSPS) is 17.9. The van der Waals surface area contributed by atoms with E-state index < -0.39 is 5.60 Å². The number of rotatable bonds is 7. The average molecular weight is 469 g/mol. The quantitative estimate of drug-likeness (QED) is 0.256. The van der Waals surface area contributed by atoms with E-state index in [1.165, 1.54) is 0 Å². The summed E-state index contributed by atoms with van der Waals surface area (Å²) in [7, 11) is 3.20. The van der Waals surface area contributed by atoms with Gasteiger partial charge >= 0.3 is 0 Å². The predicted molar refractivity (Wildman–Crippen MR) is 119 cm³/mol. The van der Waals surface area contributed by atoms with Crippen molar-refractivity contribution in [3.63, 3.8) is 0 Å². The van der Waals surface area contributed by atoms with Crippen molar-refractivity contribution in [3.05, 3.63) is 68.5 Å². The zero-order valence-corrected chi connectivity index (χ0v) is 18.5. The Morgan fingerprint density at radius 3 is 2.77 bits per heavy atom. The van der Waals surface area contributed by atoms with E-state index in [1.54, 1.807) is 14.2 Å². The predicted octanol–water partition coefficient (Wildman–Crippen LogP) is 5.59. The van der Waals surface area contributed by atoms with Gasteiger partial charge < -0.3 is 14.2 Å². The minimum Gasteiger partial charge on any atom is -0.481 e. The number of fused-ring (bicyclic) bond motifs is 5. The van der Waals surface area contributed by atoms with Crippen LogP contribution < -0.4 is 4.74 Å². The van der Waals surface area contributed by atoms with Gasteiger partial charge in [0, 0.05) is 27.4 Å². The van der Waals surface area contributed by atoms with Crippen LogP contribution in [0.3, 0.4) is 0 Å². The van der Waals surface area contributed by atoms with Crippen molar-refractivity contribution in [1.82, 2.24) is 4.98 Å². The lowest BCUT2D eigenvalue weighted by atomic mass is 9.93. The molecular formula is C22H21BrN4O3. The van der Waals surface area contributed by atoms with Gasteiger partial charge in [-0.1, -0.05) is 45.3 Å². The number of pyridine rings is 1. The molecule has 4 rings (SSSR count). The van der Waals surface area contributed by atoms with Crippen LogP contribution >= 0.6 is 15.9 Å². The second kappa shape index (κ2) is 8.24. The van der Waals surface area contributed by atoms with Crippen molar-refractivity contribution in [2.45, 2.75) is 18.6 Å². The van der Waals surface area contributed by atoms with Gasteiger partial charge in [0.15, 0.2) is 0 Å². The molecule has 1 aliphatic carbocycles. The van der Waals surface area contributed by atoms with Crippen molar-refractivity contribution >= 4 is 26.8 Å². The van der Waals surface area contributed by atoms with Crippen LogP contribution in [0.15, 0.2) is 52.1 Å². The summed E-state index contributed by atoms with van der Waals surface area (Å²) in [5.74, 6) is 0.530. The summed E-state index contributed by atoms with van der Waals surface area (Å²) in [6.07, 6.45) is -0.359. The van der Waals surface area contributed by atoms with Gasteiger partial charge in [-0.3, -0.25) is 0 Å². The van der Waals surface area contributed by atoms with Crippen LogP contribution in [-0.4, -0.2) is 38.5 Å². The maximum absolute atomic E-state index is 8.63. The molecule has 30 heavy (non-hydrogen) atoms. The molecule has 3 aromatic rings. The lowest BCUT2D eigenvalue weighted by Crippen LogP contribution is -2.32. The number of benzene rings is 2. The first-order valence-corrected chi connectivity index (χ1v) is 10.3. The van der Waals surface area contributed by atoms with Crippen LogP contribution in [-0.2, 0) is 15.1 Å². The Bertz CT molecular complexity index is 1160. The Morgan fingerprint density at radius 2 is 2.03 bits per heavy atom. The smallest absolute Gasteiger partial charge is 0.220 e. The monoisotopic (exact) mass is 468 g/mol. The van der Waals surface area contributed by atoms with Crippen molar-refractivity contribution in [3.8, 4) is 17.0 Å². The van der Waals surface area contributed by atoms with Crippen LogP contribution in [0.1, 0.15) is 18.1 Å². The highest BCUT2D eigenvalue weighted by Gasteiger charge is 2.45. The van der Waals surface area contributed by atoms with E-state index in [9.17, 15) is 0 Å². The molecule has 1 heterocycles. The molecule has 0 fully saturated rings. The zero-order valence-electron chi connectivity index (χ0n) is 16.9. The maximum atomic E-state index is 8.63. The standard InChI is InChI=1S/C22H21BrN4O3/c1-22(30-12-14(28-2)11-25-27-24)17-7-5-4-6-15(17)19-16-10-13(23)8-9-18(16)26-21(29-3)20(19)22/h4-10,14H,11-12H2,1-3H3. The molecular weight excluding hydrogens is 448 g/mol. The largest absolute Gasteiger partial charge is 0.481 e. The fourth-order valence-electron chi connectivity index (χ4n) is 4.07. The summed E-state index contributed by atoms with van der Waals surface area (Å²) in [5.41, 5.74) is 12.7. The number of hydrogen-bond donors (Lipinski definition) is 0. The fourth-order valence-corrected chi connectivity index (χ4v) is 4.43. The van der Waals surface area contributed by atoms with Gasteiger partial charge in [-0.2, -0.15) is 0 Å². The van der Waals surface area contributed by atoms with Crippen LogP contribution in [0.2, 0.25) is 0 Å². The second-order valence-electron chi connectivity index (χ2n) is 7.19. The maximum Gasteiger partial charge on any atom is 0.220 e. The first kappa shape index (κ1) is 20.6. The third-order valence-electron chi connectivity index (χ3n) is 5.53. The molecule has 0 spiro atoms. The topological polar surface area (TPSA) is 89.3 Å². The molecule has 1 aromatic heterocycles. The number of nitrogens with zero attached hydrogens (tertiary/aromatic N) is 4. The molecule has 0 saturated carbocycles. The second-order valence-corrected chi connectivity index (χ2v) is 8.11. The number of azide groups is 1. The molecule has 154 valence electrons. The highest BCUT2D eigenvalue weighted by atomic mass is 79.9. The first-order chi connectivity index (χ1) is 14.5. The highest BCUT2D eigenvalue weighted by Crippen LogP contribution is 2.54. The highest BCUT2D eigenvalue weighted by molar-refractivity contribution is 9.10. The number of halogens is 1. The van der Waals surface area contributed by atoms with E-state index in [-0.39, 0.29) is 19.3 Å². The molecule has 0 amide bonds. The Hall–Kier alpha value is -2.64. The lowest BCUT2D eigenvalue weighted by Gasteiger charge is -2.30. The van der Waals surface area contributed by atoms with Gasteiger partial charge in [-0.15, -0.1) is 0 Å². The van der Waals surface area contributed by atoms with Gasteiger partial charge in [0.2, 0.25) is 5.88 Å². The minimum absolute atomic E-state index is 0.192. The van der Waals surface area contributed by atoms with Crippen molar-refractivity contribution in [2.75, 3.05) is 27.4 Å². The molecule has 1 aliphatic rings. The summed E-state index contributed by atoms with van der Waals surface area (Å²) in [6, 6.07) is 14.2. The molecule has 7 nitrogen and oxygen atoms in total. The number of hydrogen-bond acceptors (Lipinski definition) is 5. The van der Waals surface area contributed by atoms with E-state index in [2.05, 4.69) is 44.2 Å². The van der Waals surface area contributed by atoms with Crippen LogP contribution in [0.5, 0.6) is 5.88 Å². The lowest BCUT2D eigenvalue weighted by molar-refractivity contribution is -0.0578. The first-order valence-electron chi connectivity index (χ1n) is 9.48. The Labute approximate surface area is 182 Å².